The van der Waals surface area contributed by atoms with Gasteiger partial charge in [0.05, 0.1) is 5.69 Å². The summed E-state index contributed by atoms with van der Waals surface area (Å²) in [4.78, 5) is 2.63. The smallest absolute Gasteiger partial charge is 0.0546 e. The summed E-state index contributed by atoms with van der Waals surface area (Å²) in [5.41, 5.74) is 17.4. The molecule has 1 nitrogen and oxygen atoms in total. The Balaban J connectivity index is 1.16. The molecule has 0 N–H and O–H groups in total. The first-order valence-corrected chi connectivity index (χ1v) is 21.9. The van der Waals surface area contributed by atoms with E-state index in [4.69, 9.17) is 0 Å². The second kappa shape index (κ2) is 13.1. The molecule has 7 aromatic carbocycles. The monoisotopic (exact) mass is 753 g/mol. The second-order valence-corrected chi connectivity index (χ2v) is 20.0. The standard InChI is InChI=1S/C57H55N/c1-55(2,3)50-23-12-11-21-47(50)49-30-41-17-9-10-18-42(41)31-53(49)58(44-20-13-19-43(32-44)57-34-37-27-38(35-57)29-39(28-37)36-57)45-25-26-48-52(33-45)56(4,5)51-24-14-22-46(54(48)51)40-15-7-6-8-16-40/h6-26,30-33,37-39H,27-29,34-36H2,1-5H3. The van der Waals surface area contributed by atoms with Gasteiger partial charge in [0, 0.05) is 22.4 Å². The molecule has 4 bridgehead atoms. The predicted octanol–water partition coefficient (Wildman–Crippen LogP) is 15.7. The van der Waals surface area contributed by atoms with Gasteiger partial charge in [-0.1, -0.05) is 150 Å². The lowest BCUT2D eigenvalue weighted by Crippen LogP contribution is -2.48. The largest absolute Gasteiger partial charge is 0.310 e. The van der Waals surface area contributed by atoms with Crippen molar-refractivity contribution in [1.29, 1.82) is 0 Å². The van der Waals surface area contributed by atoms with Crippen LogP contribution in [0.5, 0.6) is 0 Å². The van der Waals surface area contributed by atoms with Gasteiger partial charge in [0.25, 0.3) is 0 Å². The second-order valence-electron chi connectivity index (χ2n) is 20.0. The van der Waals surface area contributed by atoms with Gasteiger partial charge in [-0.2, -0.15) is 0 Å². The van der Waals surface area contributed by atoms with Crippen LogP contribution < -0.4 is 4.90 Å². The van der Waals surface area contributed by atoms with Gasteiger partial charge in [-0.15, -0.1) is 0 Å². The summed E-state index contributed by atoms with van der Waals surface area (Å²) >= 11 is 0. The van der Waals surface area contributed by atoms with Crippen molar-refractivity contribution in [2.75, 3.05) is 4.90 Å². The molecule has 0 heterocycles. The van der Waals surface area contributed by atoms with E-state index < -0.39 is 0 Å². The van der Waals surface area contributed by atoms with Gasteiger partial charge >= 0.3 is 0 Å². The molecule has 288 valence electrons. The number of hydrogen-bond acceptors (Lipinski definition) is 1. The molecular formula is C57H55N. The highest BCUT2D eigenvalue weighted by atomic mass is 15.1. The number of fused-ring (bicyclic) bond motifs is 4. The summed E-state index contributed by atoms with van der Waals surface area (Å²) in [5, 5.41) is 2.53. The Morgan fingerprint density at radius 2 is 1.12 bits per heavy atom. The Morgan fingerprint density at radius 3 is 1.84 bits per heavy atom. The first kappa shape index (κ1) is 35.7. The molecule has 0 radical (unpaired) electrons. The van der Waals surface area contributed by atoms with Crippen LogP contribution in [0.4, 0.5) is 17.1 Å². The van der Waals surface area contributed by atoms with E-state index in [1.165, 1.54) is 116 Å². The number of rotatable bonds is 6. The third-order valence-corrected chi connectivity index (χ3v) is 14.9. The highest BCUT2D eigenvalue weighted by molar-refractivity contribution is 6.00. The van der Waals surface area contributed by atoms with Crippen LogP contribution in [0.15, 0.2) is 152 Å². The van der Waals surface area contributed by atoms with Crippen LogP contribution in [0.2, 0.25) is 0 Å². The van der Waals surface area contributed by atoms with E-state index in [-0.39, 0.29) is 10.8 Å². The van der Waals surface area contributed by atoms with Crippen molar-refractivity contribution >= 4 is 27.8 Å². The molecule has 0 aliphatic heterocycles. The maximum absolute atomic E-state index is 2.63. The molecule has 7 aromatic rings. The molecule has 0 amide bonds. The van der Waals surface area contributed by atoms with Crippen molar-refractivity contribution in [1.82, 2.24) is 0 Å². The molecule has 12 rings (SSSR count). The molecule has 58 heavy (non-hydrogen) atoms. The third-order valence-electron chi connectivity index (χ3n) is 14.9. The summed E-state index contributed by atoms with van der Waals surface area (Å²) in [5.74, 6) is 2.69. The average Bonchev–Trinajstić information content (AvgIpc) is 3.46. The van der Waals surface area contributed by atoms with Gasteiger partial charge in [-0.25, -0.2) is 0 Å². The molecule has 1 heteroatoms. The molecule has 0 spiro atoms. The fourth-order valence-electron chi connectivity index (χ4n) is 12.6. The Hall–Kier alpha value is -5.40. The topological polar surface area (TPSA) is 3.24 Å². The van der Waals surface area contributed by atoms with Crippen LogP contribution in [0.1, 0.15) is 95.4 Å². The van der Waals surface area contributed by atoms with Crippen molar-refractivity contribution in [3.05, 3.63) is 174 Å². The van der Waals surface area contributed by atoms with Crippen molar-refractivity contribution < 1.29 is 0 Å². The summed E-state index contributed by atoms with van der Waals surface area (Å²) < 4.78 is 0. The molecule has 0 aromatic heterocycles. The zero-order valence-corrected chi connectivity index (χ0v) is 34.9. The summed E-state index contributed by atoms with van der Waals surface area (Å²) in [7, 11) is 0. The van der Waals surface area contributed by atoms with Crippen molar-refractivity contribution in [2.45, 2.75) is 89.4 Å². The Bertz CT molecular complexity index is 2690. The van der Waals surface area contributed by atoms with Crippen molar-refractivity contribution in [3.63, 3.8) is 0 Å². The molecule has 4 fully saturated rings. The summed E-state index contributed by atoms with van der Waals surface area (Å²) in [6.45, 7) is 11.9. The van der Waals surface area contributed by atoms with Crippen LogP contribution in [0.3, 0.4) is 0 Å². The Labute approximate surface area is 345 Å². The minimum absolute atomic E-state index is 0.0252. The predicted molar refractivity (Wildman–Crippen MR) is 246 cm³/mol. The van der Waals surface area contributed by atoms with Crippen molar-refractivity contribution in [3.8, 4) is 33.4 Å². The van der Waals surface area contributed by atoms with E-state index in [1.54, 1.807) is 5.56 Å². The van der Waals surface area contributed by atoms with E-state index in [0.29, 0.717) is 5.41 Å². The van der Waals surface area contributed by atoms with Crippen LogP contribution in [0, 0.1) is 17.8 Å². The molecule has 0 atom stereocenters. The molecular weight excluding hydrogens is 699 g/mol. The van der Waals surface area contributed by atoms with E-state index in [1.807, 2.05) is 0 Å². The number of anilines is 3. The first-order chi connectivity index (χ1) is 28.1. The van der Waals surface area contributed by atoms with Crippen LogP contribution in [0.25, 0.3) is 44.2 Å². The average molecular weight is 754 g/mol. The number of benzene rings is 7. The normalized spacial score (nSPS) is 22.5. The highest BCUT2D eigenvalue weighted by Crippen LogP contribution is 2.61. The van der Waals surface area contributed by atoms with Gasteiger partial charge < -0.3 is 4.90 Å². The first-order valence-electron chi connectivity index (χ1n) is 21.9. The summed E-state index contributed by atoms with van der Waals surface area (Å²) in [6.07, 6.45) is 8.45. The fourth-order valence-corrected chi connectivity index (χ4v) is 12.6. The molecule has 0 saturated heterocycles. The minimum Gasteiger partial charge on any atom is -0.310 e. The van der Waals surface area contributed by atoms with Crippen molar-refractivity contribution in [2.24, 2.45) is 17.8 Å². The van der Waals surface area contributed by atoms with E-state index >= 15 is 0 Å². The quantitative estimate of drug-likeness (QED) is 0.163. The maximum atomic E-state index is 2.63. The van der Waals surface area contributed by atoms with E-state index in [2.05, 4.69) is 191 Å². The SMILES string of the molecule is CC(C)(C)c1ccccc1-c1cc2ccccc2cc1N(c1cccc(C23CC4CC(CC(C4)C2)C3)c1)c1ccc2c(c1)C(C)(C)c1cccc(-c3ccccc3)c1-2. The summed E-state index contributed by atoms with van der Waals surface area (Å²) in [6, 6.07) is 58.1. The van der Waals surface area contributed by atoms with Crippen LogP contribution in [-0.2, 0) is 16.2 Å². The molecule has 5 aliphatic rings. The van der Waals surface area contributed by atoms with E-state index in [0.717, 1.165) is 17.8 Å². The fraction of sp³-hybridized carbons (Fsp3) is 0.298. The van der Waals surface area contributed by atoms with Gasteiger partial charge in [0.2, 0.25) is 0 Å². The third kappa shape index (κ3) is 5.64. The van der Waals surface area contributed by atoms with Gasteiger partial charge in [0.1, 0.15) is 0 Å². The lowest BCUT2D eigenvalue weighted by atomic mass is 9.48. The van der Waals surface area contributed by atoms with Gasteiger partial charge in [-0.3, -0.25) is 0 Å². The molecule has 0 unspecified atom stereocenters. The Kier molecular flexibility index (Phi) is 8.04. The zero-order valence-electron chi connectivity index (χ0n) is 34.9. The number of nitrogens with zero attached hydrogens (tertiary/aromatic N) is 1. The lowest BCUT2D eigenvalue weighted by Gasteiger charge is -2.57. The van der Waals surface area contributed by atoms with Crippen LogP contribution >= 0.6 is 0 Å². The zero-order chi connectivity index (χ0) is 39.4. The lowest BCUT2D eigenvalue weighted by molar-refractivity contribution is -0.00516. The van der Waals surface area contributed by atoms with Gasteiger partial charge in [0.15, 0.2) is 0 Å². The van der Waals surface area contributed by atoms with Gasteiger partial charge in [-0.05, 0) is 164 Å². The highest BCUT2D eigenvalue weighted by Gasteiger charge is 2.51. The van der Waals surface area contributed by atoms with Crippen LogP contribution in [-0.4, -0.2) is 0 Å². The maximum Gasteiger partial charge on any atom is 0.0546 e. The molecule has 4 saturated carbocycles. The Morgan fingerprint density at radius 1 is 0.500 bits per heavy atom. The molecule has 5 aliphatic carbocycles. The minimum atomic E-state index is -0.163. The van der Waals surface area contributed by atoms with E-state index in [9.17, 15) is 0 Å². The number of hydrogen-bond donors (Lipinski definition) is 0.